The first kappa shape index (κ1) is 14.6. The molecule has 0 saturated heterocycles. The minimum atomic E-state index is -0.171. The third-order valence-electron chi connectivity index (χ3n) is 3.66. The molecule has 0 aliphatic heterocycles. The van der Waals surface area contributed by atoms with Gasteiger partial charge in [0.2, 0.25) is 0 Å². The van der Waals surface area contributed by atoms with Crippen LogP contribution in [-0.2, 0) is 6.54 Å². The van der Waals surface area contributed by atoms with Crippen molar-refractivity contribution in [2.45, 2.75) is 25.4 Å². The molecule has 2 N–H and O–H groups in total. The Labute approximate surface area is 129 Å². The predicted molar refractivity (Wildman–Crippen MR) is 83.6 cm³/mol. The molecule has 116 valence electrons. The fourth-order valence-corrected chi connectivity index (χ4v) is 2.42. The zero-order valence-corrected chi connectivity index (χ0v) is 12.4. The molecule has 22 heavy (non-hydrogen) atoms. The summed E-state index contributed by atoms with van der Waals surface area (Å²) in [6, 6.07) is 10.1. The van der Waals surface area contributed by atoms with Crippen LogP contribution in [0.15, 0.2) is 42.7 Å². The molecule has 0 atom stereocenters. The van der Waals surface area contributed by atoms with Gasteiger partial charge >= 0.3 is 6.03 Å². The summed E-state index contributed by atoms with van der Waals surface area (Å²) < 4.78 is 1.79. The van der Waals surface area contributed by atoms with Crippen molar-refractivity contribution in [3.05, 3.63) is 48.3 Å². The molecule has 6 heteroatoms. The van der Waals surface area contributed by atoms with Crippen LogP contribution < -0.4 is 5.32 Å². The first-order valence-electron chi connectivity index (χ1n) is 7.51. The molecule has 2 aromatic rings. The molecule has 1 saturated carbocycles. The zero-order valence-electron chi connectivity index (χ0n) is 12.4. The highest BCUT2D eigenvalue weighted by atomic mass is 16.3. The van der Waals surface area contributed by atoms with Crippen molar-refractivity contribution >= 4 is 11.7 Å². The summed E-state index contributed by atoms with van der Waals surface area (Å²) in [6.07, 6.45) is 5.49. The maximum atomic E-state index is 12.2. The molecule has 1 aliphatic rings. The number of urea groups is 1. The van der Waals surface area contributed by atoms with Gasteiger partial charge in [0, 0.05) is 18.8 Å². The fraction of sp³-hybridized carbons (Fsp3) is 0.375. The van der Waals surface area contributed by atoms with Gasteiger partial charge in [0.1, 0.15) is 0 Å². The summed E-state index contributed by atoms with van der Waals surface area (Å²) in [4.78, 5) is 13.9. The molecular formula is C16H20N4O2. The maximum Gasteiger partial charge on any atom is 0.322 e. The number of nitrogens with one attached hydrogen (secondary N) is 1. The van der Waals surface area contributed by atoms with Gasteiger partial charge < -0.3 is 15.3 Å². The van der Waals surface area contributed by atoms with Crippen LogP contribution >= 0.6 is 0 Å². The van der Waals surface area contributed by atoms with E-state index in [-0.39, 0.29) is 18.7 Å². The molecule has 0 spiro atoms. The Hall–Kier alpha value is -2.34. The molecule has 0 unspecified atom stereocenters. The van der Waals surface area contributed by atoms with Crippen LogP contribution in [0.4, 0.5) is 10.5 Å². The lowest BCUT2D eigenvalue weighted by molar-refractivity contribution is 0.185. The molecule has 1 aliphatic carbocycles. The van der Waals surface area contributed by atoms with Gasteiger partial charge in [-0.05, 0) is 18.4 Å². The van der Waals surface area contributed by atoms with Crippen molar-refractivity contribution in [3.63, 3.8) is 0 Å². The number of aromatic nitrogens is 2. The first-order chi connectivity index (χ1) is 10.8. The number of carbonyl (C=O) groups excluding carboxylic acids is 1. The quantitative estimate of drug-likeness (QED) is 0.856. The molecule has 1 fully saturated rings. The van der Waals surface area contributed by atoms with Crippen molar-refractivity contribution in [2.24, 2.45) is 0 Å². The second kappa shape index (κ2) is 6.62. The number of anilines is 1. The second-order valence-electron chi connectivity index (χ2n) is 5.49. The van der Waals surface area contributed by atoms with Crippen LogP contribution in [0, 0.1) is 0 Å². The number of nitrogens with zero attached hydrogens (tertiary/aromatic N) is 3. The van der Waals surface area contributed by atoms with Crippen LogP contribution in [0.3, 0.4) is 0 Å². The predicted octanol–water partition coefficient (Wildman–Crippen LogP) is 1.92. The topological polar surface area (TPSA) is 70.4 Å². The minimum Gasteiger partial charge on any atom is -0.395 e. The van der Waals surface area contributed by atoms with E-state index in [1.807, 2.05) is 36.5 Å². The second-order valence-corrected chi connectivity index (χ2v) is 5.49. The highest BCUT2D eigenvalue weighted by molar-refractivity contribution is 5.89. The SMILES string of the molecule is O=C(Nc1cnn(Cc2ccccc2)c1)N(CCO)C1CC1. The van der Waals surface area contributed by atoms with Crippen molar-refractivity contribution < 1.29 is 9.90 Å². The minimum absolute atomic E-state index is 0.0167. The Morgan fingerprint density at radius 2 is 2.14 bits per heavy atom. The molecule has 3 rings (SSSR count). The Morgan fingerprint density at radius 1 is 1.36 bits per heavy atom. The third-order valence-corrected chi connectivity index (χ3v) is 3.66. The lowest BCUT2D eigenvalue weighted by atomic mass is 10.2. The van der Waals surface area contributed by atoms with Gasteiger partial charge in [0.05, 0.1) is 25.0 Å². The monoisotopic (exact) mass is 300 g/mol. The van der Waals surface area contributed by atoms with Crippen molar-refractivity contribution in [1.29, 1.82) is 0 Å². The van der Waals surface area contributed by atoms with Crippen molar-refractivity contribution in [1.82, 2.24) is 14.7 Å². The summed E-state index contributed by atoms with van der Waals surface area (Å²) >= 11 is 0. The van der Waals surface area contributed by atoms with Crippen LogP contribution in [0.1, 0.15) is 18.4 Å². The molecule has 2 amide bonds. The van der Waals surface area contributed by atoms with Gasteiger partial charge in [-0.1, -0.05) is 30.3 Å². The normalized spacial score (nSPS) is 13.9. The van der Waals surface area contributed by atoms with E-state index in [0.29, 0.717) is 18.8 Å². The van der Waals surface area contributed by atoms with Gasteiger partial charge in [0.15, 0.2) is 0 Å². The van der Waals surface area contributed by atoms with Gasteiger partial charge in [-0.25, -0.2) is 4.79 Å². The number of amides is 2. The molecule has 0 radical (unpaired) electrons. The van der Waals surface area contributed by atoms with E-state index in [9.17, 15) is 4.79 Å². The van der Waals surface area contributed by atoms with E-state index < -0.39 is 0 Å². The lowest BCUT2D eigenvalue weighted by Crippen LogP contribution is -2.38. The number of hydrogen-bond donors (Lipinski definition) is 2. The number of rotatable bonds is 6. The average molecular weight is 300 g/mol. The van der Waals surface area contributed by atoms with E-state index in [1.165, 1.54) is 0 Å². The van der Waals surface area contributed by atoms with E-state index in [0.717, 1.165) is 18.4 Å². The standard InChI is InChI=1S/C16H20N4O2/c21-9-8-20(15-6-7-15)16(22)18-14-10-17-19(12-14)11-13-4-2-1-3-5-13/h1-5,10,12,15,21H,6-9,11H2,(H,18,22). The number of benzene rings is 1. The Bertz CT molecular complexity index is 622. The molecule has 0 bridgehead atoms. The van der Waals surface area contributed by atoms with Crippen LogP contribution in [0.2, 0.25) is 0 Å². The highest BCUT2D eigenvalue weighted by Crippen LogP contribution is 2.27. The van der Waals surface area contributed by atoms with Gasteiger partial charge in [-0.2, -0.15) is 5.10 Å². The number of aliphatic hydroxyl groups excluding tert-OH is 1. The van der Waals surface area contributed by atoms with E-state index in [2.05, 4.69) is 10.4 Å². The van der Waals surface area contributed by atoms with Gasteiger partial charge in [-0.15, -0.1) is 0 Å². The largest absolute Gasteiger partial charge is 0.395 e. The average Bonchev–Trinajstić information content (AvgIpc) is 3.27. The fourth-order valence-electron chi connectivity index (χ4n) is 2.42. The van der Waals surface area contributed by atoms with Crippen molar-refractivity contribution in [3.8, 4) is 0 Å². The smallest absolute Gasteiger partial charge is 0.322 e. The van der Waals surface area contributed by atoms with Gasteiger partial charge in [-0.3, -0.25) is 4.68 Å². The van der Waals surface area contributed by atoms with Crippen LogP contribution in [0.5, 0.6) is 0 Å². The maximum absolute atomic E-state index is 12.2. The van der Waals surface area contributed by atoms with E-state index in [1.54, 1.807) is 15.8 Å². The summed E-state index contributed by atoms with van der Waals surface area (Å²) in [6.45, 7) is 1.02. The van der Waals surface area contributed by atoms with Crippen molar-refractivity contribution in [2.75, 3.05) is 18.5 Å². The zero-order chi connectivity index (χ0) is 15.4. The molecular weight excluding hydrogens is 280 g/mol. The van der Waals surface area contributed by atoms with E-state index >= 15 is 0 Å². The number of hydrogen-bond acceptors (Lipinski definition) is 3. The number of carbonyl (C=O) groups is 1. The number of aliphatic hydroxyl groups is 1. The molecule has 1 heterocycles. The summed E-state index contributed by atoms with van der Waals surface area (Å²) in [5.41, 5.74) is 1.83. The Balaban J connectivity index is 1.60. The van der Waals surface area contributed by atoms with Crippen LogP contribution in [0.25, 0.3) is 0 Å². The Morgan fingerprint density at radius 3 is 2.82 bits per heavy atom. The Kier molecular flexibility index (Phi) is 4.39. The summed E-state index contributed by atoms with van der Waals surface area (Å²) in [7, 11) is 0. The molecule has 6 nitrogen and oxygen atoms in total. The summed E-state index contributed by atoms with van der Waals surface area (Å²) in [5.74, 6) is 0. The lowest BCUT2D eigenvalue weighted by Gasteiger charge is -2.21. The molecule has 1 aromatic heterocycles. The van der Waals surface area contributed by atoms with E-state index in [4.69, 9.17) is 5.11 Å². The summed E-state index contributed by atoms with van der Waals surface area (Å²) in [5, 5.41) is 16.2. The first-order valence-corrected chi connectivity index (χ1v) is 7.51. The van der Waals surface area contributed by atoms with Crippen LogP contribution in [-0.4, -0.2) is 45.0 Å². The third kappa shape index (κ3) is 3.65. The molecule has 1 aromatic carbocycles. The highest BCUT2D eigenvalue weighted by Gasteiger charge is 2.32. The van der Waals surface area contributed by atoms with Gasteiger partial charge in [0.25, 0.3) is 0 Å².